The molecule has 2 aromatic rings. The maximum Gasteiger partial charge on any atom is 0.228 e. The molecule has 0 spiro atoms. The number of para-hydroxylation sites is 1. The van der Waals surface area contributed by atoms with Crippen molar-refractivity contribution in [2.75, 3.05) is 10.6 Å². The topological polar surface area (TPSA) is 58.2 Å². The summed E-state index contributed by atoms with van der Waals surface area (Å²) < 4.78 is 0. The predicted molar refractivity (Wildman–Crippen MR) is 95.9 cm³/mol. The van der Waals surface area contributed by atoms with Crippen LogP contribution in [-0.4, -0.2) is 11.8 Å². The SMILES string of the molecule is CCc1ccc(NC(=O)C2CC2C(=O)Nc2ccccc2C)cc1. The van der Waals surface area contributed by atoms with E-state index in [-0.39, 0.29) is 23.7 Å². The minimum atomic E-state index is -0.237. The van der Waals surface area contributed by atoms with Crippen molar-refractivity contribution in [2.45, 2.75) is 26.7 Å². The maximum absolute atomic E-state index is 12.3. The summed E-state index contributed by atoms with van der Waals surface area (Å²) in [4.78, 5) is 24.6. The van der Waals surface area contributed by atoms with Crippen molar-refractivity contribution in [3.8, 4) is 0 Å². The highest BCUT2D eigenvalue weighted by Crippen LogP contribution is 2.40. The fourth-order valence-corrected chi connectivity index (χ4v) is 2.77. The van der Waals surface area contributed by atoms with Crippen LogP contribution in [0, 0.1) is 18.8 Å². The molecule has 124 valence electrons. The number of hydrogen-bond acceptors (Lipinski definition) is 2. The van der Waals surface area contributed by atoms with Gasteiger partial charge in [0.2, 0.25) is 11.8 Å². The Morgan fingerprint density at radius 3 is 2.21 bits per heavy atom. The van der Waals surface area contributed by atoms with Gasteiger partial charge in [-0.1, -0.05) is 37.3 Å². The molecule has 2 unspecified atom stereocenters. The average Bonchev–Trinajstić information content (AvgIpc) is 3.38. The van der Waals surface area contributed by atoms with Gasteiger partial charge in [0.1, 0.15) is 0 Å². The van der Waals surface area contributed by atoms with Crippen molar-refractivity contribution in [3.63, 3.8) is 0 Å². The number of benzene rings is 2. The van der Waals surface area contributed by atoms with Crippen LogP contribution in [0.15, 0.2) is 48.5 Å². The molecule has 0 saturated heterocycles. The van der Waals surface area contributed by atoms with E-state index in [1.165, 1.54) is 5.56 Å². The Labute approximate surface area is 142 Å². The van der Waals surface area contributed by atoms with E-state index in [2.05, 4.69) is 17.6 Å². The minimum Gasteiger partial charge on any atom is -0.326 e. The molecule has 0 aliphatic heterocycles. The number of anilines is 2. The van der Waals surface area contributed by atoms with Crippen molar-refractivity contribution in [3.05, 3.63) is 59.7 Å². The fourth-order valence-electron chi connectivity index (χ4n) is 2.77. The van der Waals surface area contributed by atoms with E-state index < -0.39 is 0 Å². The third-order valence-electron chi connectivity index (χ3n) is 4.50. The number of carbonyl (C=O) groups is 2. The van der Waals surface area contributed by atoms with Gasteiger partial charge in [0.15, 0.2) is 0 Å². The van der Waals surface area contributed by atoms with Gasteiger partial charge in [-0.05, 0) is 49.1 Å². The molecule has 1 fully saturated rings. The summed E-state index contributed by atoms with van der Waals surface area (Å²) in [5.74, 6) is -0.630. The summed E-state index contributed by atoms with van der Waals surface area (Å²) in [6.07, 6.45) is 1.58. The van der Waals surface area contributed by atoms with Crippen LogP contribution in [0.1, 0.15) is 24.5 Å². The Morgan fingerprint density at radius 1 is 0.958 bits per heavy atom. The quantitative estimate of drug-likeness (QED) is 0.880. The highest BCUT2D eigenvalue weighted by Gasteiger charge is 2.48. The van der Waals surface area contributed by atoms with Gasteiger partial charge in [0.05, 0.1) is 11.8 Å². The third kappa shape index (κ3) is 3.65. The van der Waals surface area contributed by atoms with Crippen LogP contribution in [0.5, 0.6) is 0 Å². The van der Waals surface area contributed by atoms with Gasteiger partial charge in [0, 0.05) is 11.4 Å². The van der Waals surface area contributed by atoms with E-state index in [1.807, 2.05) is 55.5 Å². The molecule has 0 aromatic heterocycles. The van der Waals surface area contributed by atoms with E-state index in [0.29, 0.717) is 6.42 Å². The second-order valence-electron chi connectivity index (χ2n) is 6.29. The molecule has 0 bridgehead atoms. The zero-order valence-corrected chi connectivity index (χ0v) is 14.0. The summed E-state index contributed by atoms with van der Waals surface area (Å²) in [7, 11) is 0. The Kier molecular flexibility index (Phi) is 4.65. The Morgan fingerprint density at radius 2 is 1.58 bits per heavy atom. The zero-order chi connectivity index (χ0) is 17.1. The highest BCUT2D eigenvalue weighted by molar-refractivity contribution is 6.03. The number of rotatable bonds is 5. The lowest BCUT2D eigenvalue weighted by Gasteiger charge is -2.08. The largest absolute Gasteiger partial charge is 0.326 e. The van der Waals surface area contributed by atoms with Crippen LogP contribution in [-0.2, 0) is 16.0 Å². The summed E-state index contributed by atoms with van der Waals surface area (Å²) >= 11 is 0. The van der Waals surface area contributed by atoms with Crippen molar-refractivity contribution in [1.29, 1.82) is 0 Å². The lowest BCUT2D eigenvalue weighted by atomic mass is 10.1. The first-order valence-electron chi connectivity index (χ1n) is 8.34. The molecule has 24 heavy (non-hydrogen) atoms. The molecule has 1 saturated carbocycles. The van der Waals surface area contributed by atoms with Gasteiger partial charge in [-0.15, -0.1) is 0 Å². The van der Waals surface area contributed by atoms with Crippen LogP contribution >= 0.6 is 0 Å². The Hall–Kier alpha value is -2.62. The molecule has 4 heteroatoms. The zero-order valence-electron chi connectivity index (χ0n) is 14.0. The van der Waals surface area contributed by atoms with Gasteiger partial charge in [-0.3, -0.25) is 9.59 Å². The summed E-state index contributed by atoms with van der Waals surface area (Å²) in [6, 6.07) is 15.5. The van der Waals surface area contributed by atoms with E-state index in [9.17, 15) is 9.59 Å². The van der Waals surface area contributed by atoms with E-state index in [1.54, 1.807) is 0 Å². The van der Waals surface area contributed by atoms with Crippen LogP contribution in [0.3, 0.4) is 0 Å². The molecule has 2 atom stereocenters. The molecule has 0 radical (unpaired) electrons. The van der Waals surface area contributed by atoms with Gasteiger partial charge in [-0.25, -0.2) is 0 Å². The first-order valence-corrected chi connectivity index (χ1v) is 8.34. The molecule has 2 aromatic carbocycles. The normalized spacial score (nSPS) is 18.8. The number of nitrogens with one attached hydrogen (secondary N) is 2. The van der Waals surface area contributed by atoms with Gasteiger partial charge < -0.3 is 10.6 Å². The van der Waals surface area contributed by atoms with Crippen LogP contribution in [0.25, 0.3) is 0 Å². The summed E-state index contributed by atoms with van der Waals surface area (Å²) in [5.41, 5.74) is 3.84. The monoisotopic (exact) mass is 322 g/mol. The van der Waals surface area contributed by atoms with E-state index >= 15 is 0 Å². The van der Waals surface area contributed by atoms with Crippen LogP contribution in [0.2, 0.25) is 0 Å². The fraction of sp³-hybridized carbons (Fsp3) is 0.300. The minimum absolute atomic E-state index is 0.0780. The number of carbonyl (C=O) groups excluding carboxylic acids is 2. The molecule has 4 nitrogen and oxygen atoms in total. The number of hydrogen-bond donors (Lipinski definition) is 2. The lowest BCUT2D eigenvalue weighted by molar-refractivity contribution is -0.122. The smallest absolute Gasteiger partial charge is 0.228 e. The highest BCUT2D eigenvalue weighted by atomic mass is 16.2. The lowest BCUT2D eigenvalue weighted by Crippen LogP contribution is -2.20. The van der Waals surface area contributed by atoms with Crippen molar-refractivity contribution >= 4 is 23.2 Å². The molecular formula is C20H22N2O2. The molecule has 1 aliphatic carbocycles. The average molecular weight is 322 g/mol. The van der Waals surface area contributed by atoms with Crippen molar-refractivity contribution < 1.29 is 9.59 Å². The molecule has 1 aliphatic rings. The third-order valence-corrected chi connectivity index (χ3v) is 4.50. The number of aryl methyl sites for hydroxylation is 2. The second-order valence-corrected chi connectivity index (χ2v) is 6.29. The molecule has 2 amide bonds. The van der Waals surface area contributed by atoms with Gasteiger partial charge in [0.25, 0.3) is 0 Å². The first-order chi connectivity index (χ1) is 11.6. The first kappa shape index (κ1) is 16.2. The van der Waals surface area contributed by atoms with Crippen molar-refractivity contribution in [1.82, 2.24) is 0 Å². The van der Waals surface area contributed by atoms with E-state index in [4.69, 9.17) is 0 Å². The maximum atomic E-state index is 12.3. The van der Waals surface area contributed by atoms with Gasteiger partial charge >= 0.3 is 0 Å². The van der Waals surface area contributed by atoms with Crippen molar-refractivity contribution in [2.24, 2.45) is 11.8 Å². The molecule has 0 heterocycles. The molecule has 3 rings (SSSR count). The second kappa shape index (κ2) is 6.87. The van der Waals surface area contributed by atoms with Crippen LogP contribution < -0.4 is 10.6 Å². The predicted octanol–water partition coefficient (Wildman–Crippen LogP) is 3.77. The molecule has 2 N–H and O–H groups in total. The Balaban J connectivity index is 1.55. The van der Waals surface area contributed by atoms with Gasteiger partial charge in [-0.2, -0.15) is 0 Å². The molecular weight excluding hydrogens is 300 g/mol. The Bertz CT molecular complexity index is 752. The standard InChI is InChI=1S/C20H22N2O2/c1-3-14-8-10-15(11-9-14)21-19(23)16-12-17(16)20(24)22-18-7-5-4-6-13(18)2/h4-11,16-17H,3,12H2,1-2H3,(H,21,23)(H,22,24). The summed E-state index contributed by atoms with van der Waals surface area (Å²) in [6.45, 7) is 4.04. The number of amides is 2. The summed E-state index contributed by atoms with van der Waals surface area (Å²) in [5, 5.41) is 5.81. The van der Waals surface area contributed by atoms with Crippen LogP contribution in [0.4, 0.5) is 11.4 Å². The van der Waals surface area contributed by atoms with E-state index in [0.717, 1.165) is 23.4 Å².